The van der Waals surface area contributed by atoms with Crippen LogP contribution in [-0.4, -0.2) is 62.1 Å². The standard InChI is InChI=1S/C26H32N4O4S/c1-5-8-29-9-11-30(12-10-29)25-16-22(26(31)32)21-15-20(6-7-23(21)27-25)28-35(33,34)24-14-18(3)17(2)13-19(24)4/h6-7,13-16,28H,5,8-12H2,1-4H3,(H,31,32). The van der Waals surface area contributed by atoms with Crippen molar-refractivity contribution in [3.63, 3.8) is 0 Å². The van der Waals surface area contributed by atoms with Gasteiger partial charge in [-0.15, -0.1) is 0 Å². The predicted octanol–water partition coefficient (Wildman–Crippen LogP) is 4.19. The van der Waals surface area contributed by atoms with E-state index in [1.54, 1.807) is 37.3 Å². The molecule has 0 radical (unpaired) electrons. The summed E-state index contributed by atoms with van der Waals surface area (Å²) in [4.78, 5) is 21.5. The molecular weight excluding hydrogens is 464 g/mol. The van der Waals surface area contributed by atoms with Gasteiger partial charge in [-0.05, 0) is 80.8 Å². The third-order valence-electron chi connectivity index (χ3n) is 6.59. The van der Waals surface area contributed by atoms with Gasteiger partial charge >= 0.3 is 5.97 Å². The third-order valence-corrected chi connectivity index (χ3v) is 8.12. The molecule has 1 aliphatic rings. The van der Waals surface area contributed by atoms with Gasteiger partial charge in [0.1, 0.15) is 5.82 Å². The highest BCUT2D eigenvalue weighted by atomic mass is 32.2. The minimum Gasteiger partial charge on any atom is -0.478 e. The first kappa shape index (κ1) is 24.9. The van der Waals surface area contributed by atoms with Gasteiger partial charge < -0.3 is 10.0 Å². The number of pyridine rings is 1. The quantitative estimate of drug-likeness (QED) is 0.506. The van der Waals surface area contributed by atoms with Crippen LogP contribution in [0, 0.1) is 20.8 Å². The van der Waals surface area contributed by atoms with Gasteiger partial charge in [-0.2, -0.15) is 0 Å². The monoisotopic (exact) mass is 496 g/mol. The van der Waals surface area contributed by atoms with Crippen LogP contribution in [0.2, 0.25) is 0 Å². The number of piperazine rings is 1. The Hall–Kier alpha value is -3.17. The Balaban J connectivity index is 1.66. The molecule has 0 atom stereocenters. The summed E-state index contributed by atoms with van der Waals surface area (Å²) < 4.78 is 28.9. The molecule has 0 unspecified atom stereocenters. The number of aromatic nitrogens is 1. The molecule has 2 aromatic carbocycles. The van der Waals surface area contributed by atoms with Gasteiger partial charge in [0.25, 0.3) is 10.0 Å². The van der Waals surface area contributed by atoms with Crippen LogP contribution >= 0.6 is 0 Å². The molecule has 4 rings (SSSR count). The van der Waals surface area contributed by atoms with Crippen LogP contribution in [0.5, 0.6) is 0 Å². The number of fused-ring (bicyclic) bond motifs is 1. The average molecular weight is 497 g/mol. The second-order valence-electron chi connectivity index (χ2n) is 9.20. The Morgan fingerprint density at radius 3 is 2.34 bits per heavy atom. The first-order chi connectivity index (χ1) is 16.6. The second-order valence-corrected chi connectivity index (χ2v) is 10.9. The fraction of sp³-hybridized carbons (Fsp3) is 0.385. The zero-order valence-corrected chi connectivity index (χ0v) is 21.4. The molecule has 1 aromatic heterocycles. The molecule has 0 spiro atoms. The van der Waals surface area contributed by atoms with Crippen molar-refractivity contribution in [3.8, 4) is 0 Å². The van der Waals surface area contributed by atoms with Crippen molar-refractivity contribution in [2.45, 2.75) is 39.0 Å². The number of carboxylic acids is 1. The number of carbonyl (C=O) groups is 1. The van der Waals surface area contributed by atoms with Gasteiger partial charge in [0, 0.05) is 37.3 Å². The minimum atomic E-state index is -3.85. The summed E-state index contributed by atoms with van der Waals surface area (Å²) in [5, 5.41) is 10.3. The molecule has 35 heavy (non-hydrogen) atoms. The Bertz CT molecular complexity index is 1380. The molecular formula is C26H32N4O4S. The van der Waals surface area contributed by atoms with Crippen LogP contribution in [0.25, 0.3) is 10.9 Å². The summed E-state index contributed by atoms with van der Waals surface area (Å²) in [5.74, 6) is -0.446. The maximum absolute atomic E-state index is 13.1. The first-order valence-corrected chi connectivity index (χ1v) is 13.3. The summed E-state index contributed by atoms with van der Waals surface area (Å²) in [5.41, 5.74) is 3.46. The number of hydrogen-bond acceptors (Lipinski definition) is 6. The fourth-order valence-electron chi connectivity index (χ4n) is 4.56. The van der Waals surface area contributed by atoms with E-state index in [4.69, 9.17) is 4.98 Å². The lowest BCUT2D eigenvalue weighted by atomic mass is 10.1. The molecule has 2 heterocycles. The van der Waals surface area contributed by atoms with Gasteiger partial charge in [-0.1, -0.05) is 13.0 Å². The summed E-state index contributed by atoms with van der Waals surface area (Å²) >= 11 is 0. The van der Waals surface area contributed by atoms with Crippen molar-refractivity contribution in [1.29, 1.82) is 0 Å². The van der Waals surface area contributed by atoms with Crippen molar-refractivity contribution in [2.24, 2.45) is 0 Å². The van der Waals surface area contributed by atoms with E-state index >= 15 is 0 Å². The number of aryl methyl sites for hydroxylation is 3. The zero-order valence-electron chi connectivity index (χ0n) is 20.6. The maximum Gasteiger partial charge on any atom is 0.336 e. The van der Waals surface area contributed by atoms with Crippen LogP contribution in [-0.2, 0) is 10.0 Å². The number of sulfonamides is 1. The highest BCUT2D eigenvalue weighted by Gasteiger charge is 2.22. The largest absolute Gasteiger partial charge is 0.478 e. The SMILES string of the molecule is CCCN1CCN(c2cc(C(=O)O)c3cc(NS(=O)(=O)c4cc(C)c(C)cc4C)ccc3n2)CC1. The summed E-state index contributed by atoms with van der Waals surface area (Å²) in [7, 11) is -3.85. The Labute approximate surface area is 206 Å². The first-order valence-electron chi connectivity index (χ1n) is 11.8. The van der Waals surface area contributed by atoms with E-state index in [9.17, 15) is 18.3 Å². The van der Waals surface area contributed by atoms with E-state index in [2.05, 4.69) is 21.4 Å². The van der Waals surface area contributed by atoms with Gasteiger partial charge in [0.2, 0.25) is 0 Å². The number of nitrogens with zero attached hydrogens (tertiary/aromatic N) is 3. The molecule has 1 fully saturated rings. The second kappa shape index (κ2) is 9.83. The van der Waals surface area contributed by atoms with Gasteiger partial charge in [0.15, 0.2) is 0 Å². The topological polar surface area (TPSA) is 103 Å². The zero-order chi connectivity index (χ0) is 25.3. The Morgan fingerprint density at radius 2 is 1.69 bits per heavy atom. The lowest BCUT2D eigenvalue weighted by Gasteiger charge is -2.35. The number of hydrogen-bond donors (Lipinski definition) is 2. The molecule has 1 aliphatic heterocycles. The molecule has 0 amide bonds. The summed E-state index contributed by atoms with van der Waals surface area (Å²) in [6, 6.07) is 9.93. The van der Waals surface area contributed by atoms with Crippen molar-refractivity contribution >= 4 is 38.4 Å². The van der Waals surface area contributed by atoms with E-state index in [-0.39, 0.29) is 10.5 Å². The highest BCUT2D eigenvalue weighted by molar-refractivity contribution is 7.92. The van der Waals surface area contributed by atoms with Crippen molar-refractivity contribution in [2.75, 3.05) is 42.3 Å². The van der Waals surface area contributed by atoms with E-state index in [1.165, 1.54) is 0 Å². The highest BCUT2D eigenvalue weighted by Crippen LogP contribution is 2.29. The van der Waals surface area contributed by atoms with Crippen LogP contribution in [0.3, 0.4) is 0 Å². The molecule has 1 saturated heterocycles. The van der Waals surface area contributed by atoms with Crippen molar-refractivity contribution in [3.05, 3.63) is 58.7 Å². The van der Waals surface area contributed by atoms with E-state index in [0.29, 0.717) is 28.0 Å². The molecule has 0 aliphatic carbocycles. The maximum atomic E-state index is 13.1. The lowest BCUT2D eigenvalue weighted by Crippen LogP contribution is -2.46. The Kier molecular flexibility index (Phi) is 7.00. The average Bonchev–Trinajstić information content (AvgIpc) is 2.81. The molecule has 0 saturated carbocycles. The molecule has 8 nitrogen and oxygen atoms in total. The van der Waals surface area contributed by atoms with Crippen LogP contribution < -0.4 is 9.62 Å². The molecule has 186 valence electrons. The smallest absolute Gasteiger partial charge is 0.336 e. The van der Waals surface area contributed by atoms with Crippen LogP contribution in [0.1, 0.15) is 40.4 Å². The Morgan fingerprint density at radius 1 is 1.00 bits per heavy atom. The fourth-order valence-corrected chi connectivity index (χ4v) is 5.93. The van der Waals surface area contributed by atoms with E-state index in [0.717, 1.165) is 50.3 Å². The number of anilines is 2. The molecule has 2 N–H and O–H groups in total. The van der Waals surface area contributed by atoms with Crippen LogP contribution in [0.4, 0.5) is 11.5 Å². The number of benzene rings is 2. The number of carboxylic acid groups (broad SMARTS) is 1. The molecule has 0 bridgehead atoms. The molecule has 3 aromatic rings. The number of nitrogens with one attached hydrogen (secondary N) is 1. The predicted molar refractivity (Wildman–Crippen MR) is 139 cm³/mol. The number of rotatable bonds is 7. The van der Waals surface area contributed by atoms with E-state index < -0.39 is 16.0 Å². The normalized spacial score (nSPS) is 14.9. The van der Waals surface area contributed by atoms with Crippen molar-refractivity contribution < 1.29 is 18.3 Å². The van der Waals surface area contributed by atoms with Crippen molar-refractivity contribution in [1.82, 2.24) is 9.88 Å². The van der Waals surface area contributed by atoms with Gasteiger partial charge in [-0.25, -0.2) is 18.2 Å². The third kappa shape index (κ3) is 5.26. The number of aromatic carboxylic acids is 1. The van der Waals surface area contributed by atoms with Gasteiger partial charge in [-0.3, -0.25) is 9.62 Å². The van der Waals surface area contributed by atoms with E-state index in [1.807, 2.05) is 19.9 Å². The summed E-state index contributed by atoms with van der Waals surface area (Å²) in [6.07, 6.45) is 1.10. The summed E-state index contributed by atoms with van der Waals surface area (Å²) in [6.45, 7) is 12.2. The lowest BCUT2D eigenvalue weighted by molar-refractivity contribution is 0.0699. The molecule has 9 heteroatoms. The minimum absolute atomic E-state index is 0.101. The van der Waals surface area contributed by atoms with Gasteiger partial charge in [0.05, 0.1) is 16.0 Å². The van der Waals surface area contributed by atoms with Crippen LogP contribution in [0.15, 0.2) is 41.3 Å².